The molecule has 1 unspecified atom stereocenters. The van der Waals surface area contributed by atoms with E-state index in [0.29, 0.717) is 5.92 Å². The van der Waals surface area contributed by atoms with Gasteiger partial charge in [0.2, 0.25) is 0 Å². The second-order valence-electron chi connectivity index (χ2n) is 4.89. The van der Waals surface area contributed by atoms with Crippen molar-refractivity contribution in [2.24, 2.45) is 0 Å². The Kier molecular flexibility index (Phi) is 2.79. The van der Waals surface area contributed by atoms with E-state index in [4.69, 9.17) is 0 Å². The second-order valence-corrected chi connectivity index (χ2v) is 4.89. The summed E-state index contributed by atoms with van der Waals surface area (Å²) in [5.74, 6) is 0.579. The Morgan fingerprint density at radius 2 is 1.78 bits per heavy atom. The molecule has 0 aliphatic heterocycles. The highest BCUT2D eigenvalue weighted by Crippen LogP contribution is 2.46. The summed E-state index contributed by atoms with van der Waals surface area (Å²) in [4.78, 5) is 0. The van der Waals surface area contributed by atoms with Gasteiger partial charge in [-0.25, -0.2) is 0 Å². The predicted molar refractivity (Wildman–Crippen MR) is 78.7 cm³/mol. The summed E-state index contributed by atoms with van der Waals surface area (Å²) in [7, 11) is 0. The number of hydrogen-bond acceptors (Lipinski definition) is 0. The molecule has 0 fully saturated rings. The zero-order chi connectivity index (χ0) is 12.5. The molecule has 0 amide bonds. The summed E-state index contributed by atoms with van der Waals surface area (Å²) in [6.45, 7) is 4.34. The highest BCUT2D eigenvalue weighted by molar-refractivity contribution is 5.80. The quantitative estimate of drug-likeness (QED) is 0.666. The van der Waals surface area contributed by atoms with E-state index in [2.05, 4.69) is 68.5 Å². The van der Waals surface area contributed by atoms with Crippen LogP contribution in [0.3, 0.4) is 0 Å². The van der Waals surface area contributed by atoms with Gasteiger partial charge in [0.15, 0.2) is 0 Å². The number of rotatable bonds is 2. The fourth-order valence-electron chi connectivity index (χ4n) is 3.06. The molecule has 0 radical (unpaired) electrons. The molecule has 0 nitrogen and oxygen atoms in total. The molecule has 0 saturated heterocycles. The van der Waals surface area contributed by atoms with Crippen LogP contribution in [0.4, 0.5) is 0 Å². The van der Waals surface area contributed by atoms with E-state index in [1.54, 1.807) is 0 Å². The topological polar surface area (TPSA) is 0 Å². The van der Waals surface area contributed by atoms with Crippen molar-refractivity contribution >= 4 is 6.08 Å². The van der Waals surface area contributed by atoms with Crippen LogP contribution >= 0.6 is 0 Å². The Balaban J connectivity index is 2.22. The lowest BCUT2D eigenvalue weighted by atomic mass is 9.94. The molecule has 0 spiro atoms. The van der Waals surface area contributed by atoms with E-state index in [-0.39, 0.29) is 0 Å². The number of allylic oxidation sites excluding steroid dienone is 1. The lowest BCUT2D eigenvalue weighted by Crippen LogP contribution is -1.93. The first-order valence-corrected chi connectivity index (χ1v) is 6.71. The van der Waals surface area contributed by atoms with E-state index >= 15 is 0 Å². The van der Waals surface area contributed by atoms with Gasteiger partial charge in [0, 0.05) is 5.92 Å². The van der Waals surface area contributed by atoms with Crippen LogP contribution < -0.4 is 0 Å². The van der Waals surface area contributed by atoms with E-state index in [0.717, 1.165) is 0 Å². The molecule has 0 aromatic heterocycles. The largest absolute Gasteiger partial charge is 0.0871 e. The molecular weight excluding hydrogens is 216 g/mol. The minimum atomic E-state index is 0.579. The summed E-state index contributed by atoms with van der Waals surface area (Å²) >= 11 is 0. The van der Waals surface area contributed by atoms with Crippen molar-refractivity contribution in [3.05, 3.63) is 65.2 Å². The maximum absolute atomic E-state index is 2.32. The van der Waals surface area contributed by atoms with Crippen molar-refractivity contribution in [2.75, 3.05) is 0 Å². The molecule has 18 heavy (non-hydrogen) atoms. The Labute approximate surface area is 109 Å². The number of benzene rings is 2. The lowest BCUT2D eigenvalue weighted by Gasteiger charge is -2.10. The zero-order valence-electron chi connectivity index (χ0n) is 11.0. The Morgan fingerprint density at radius 3 is 2.56 bits per heavy atom. The van der Waals surface area contributed by atoms with E-state index in [9.17, 15) is 0 Å². The summed E-state index contributed by atoms with van der Waals surface area (Å²) in [6.07, 6.45) is 5.44. The molecule has 0 saturated carbocycles. The molecule has 1 atom stereocenters. The molecule has 0 bridgehead atoms. The van der Waals surface area contributed by atoms with Gasteiger partial charge in [-0.05, 0) is 47.2 Å². The van der Waals surface area contributed by atoms with Crippen molar-refractivity contribution in [2.45, 2.75) is 26.2 Å². The SMILES string of the molecule is CC=Cc1ccc2c(c1)-c1ccccc1C2CC. The first-order chi connectivity index (χ1) is 8.85. The van der Waals surface area contributed by atoms with Crippen LogP contribution in [0.25, 0.3) is 17.2 Å². The summed E-state index contributed by atoms with van der Waals surface area (Å²) in [6, 6.07) is 15.7. The van der Waals surface area contributed by atoms with Crippen molar-refractivity contribution in [3.8, 4) is 11.1 Å². The molecule has 2 aromatic rings. The smallest absolute Gasteiger partial charge is 0.00990 e. The standard InChI is InChI=1S/C18H18/c1-3-7-13-10-11-17-14(4-2)15-8-5-6-9-16(15)18(17)12-13/h3,5-12,14H,4H2,1-2H3. The van der Waals surface area contributed by atoms with E-state index in [1.165, 1.54) is 34.2 Å². The number of fused-ring (bicyclic) bond motifs is 3. The van der Waals surface area contributed by atoms with Gasteiger partial charge < -0.3 is 0 Å². The Hall–Kier alpha value is -1.82. The van der Waals surface area contributed by atoms with Crippen LogP contribution in [-0.4, -0.2) is 0 Å². The number of hydrogen-bond donors (Lipinski definition) is 0. The van der Waals surface area contributed by atoms with Gasteiger partial charge in [-0.2, -0.15) is 0 Å². The molecule has 90 valence electrons. The first kappa shape index (κ1) is 11.3. The third kappa shape index (κ3) is 1.60. The predicted octanol–water partition coefficient (Wildman–Crippen LogP) is 5.24. The molecule has 2 aromatic carbocycles. The van der Waals surface area contributed by atoms with Gasteiger partial charge in [-0.1, -0.05) is 55.5 Å². The van der Waals surface area contributed by atoms with Gasteiger partial charge in [0.05, 0.1) is 0 Å². The van der Waals surface area contributed by atoms with Gasteiger partial charge >= 0.3 is 0 Å². The zero-order valence-corrected chi connectivity index (χ0v) is 11.0. The van der Waals surface area contributed by atoms with Crippen LogP contribution in [0.2, 0.25) is 0 Å². The van der Waals surface area contributed by atoms with Crippen molar-refractivity contribution in [1.29, 1.82) is 0 Å². The Morgan fingerprint density at radius 1 is 1.00 bits per heavy atom. The average molecular weight is 234 g/mol. The van der Waals surface area contributed by atoms with Gasteiger partial charge in [0.25, 0.3) is 0 Å². The van der Waals surface area contributed by atoms with Crippen LogP contribution in [0.15, 0.2) is 48.5 Å². The first-order valence-electron chi connectivity index (χ1n) is 6.71. The highest BCUT2D eigenvalue weighted by atomic mass is 14.3. The average Bonchev–Trinajstić information content (AvgIpc) is 2.72. The summed E-state index contributed by atoms with van der Waals surface area (Å²) < 4.78 is 0. The third-order valence-corrected chi connectivity index (χ3v) is 3.85. The van der Waals surface area contributed by atoms with Crippen LogP contribution in [0.5, 0.6) is 0 Å². The van der Waals surface area contributed by atoms with Gasteiger partial charge in [-0.3, -0.25) is 0 Å². The molecular formula is C18H18. The molecule has 0 N–H and O–H groups in total. The minimum absolute atomic E-state index is 0.579. The van der Waals surface area contributed by atoms with Crippen LogP contribution in [-0.2, 0) is 0 Å². The Bertz CT molecular complexity index is 605. The molecule has 1 aliphatic carbocycles. The molecule has 1 aliphatic rings. The van der Waals surface area contributed by atoms with Crippen molar-refractivity contribution < 1.29 is 0 Å². The lowest BCUT2D eigenvalue weighted by molar-refractivity contribution is 0.797. The third-order valence-electron chi connectivity index (χ3n) is 3.85. The molecule has 0 heterocycles. The normalized spacial score (nSPS) is 16.9. The van der Waals surface area contributed by atoms with Gasteiger partial charge in [-0.15, -0.1) is 0 Å². The molecule has 0 heteroatoms. The van der Waals surface area contributed by atoms with Crippen molar-refractivity contribution in [3.63, 3.8) is 0 Å². The monoisotopic (exact) mass is 234 g/mol. The molecule has 3 rings (SSSR count). The van der Waals surface area contributed by atoms with Crippen molar-refractivity contribution in [1.82, 2.24) is 0 Å². The second kappa shape index (κ2) is 4.45. The highest BCUT2D eigenvalue weighted by Gasteiger charge is 2.26. The maximum Gasteiger partial charge on any atom is 0.00990 e. The summed E-state index contributed by atoms with van der Waals surface area (Å²) in [5, 5.41) is 0. The maximum atomic E-state index is 2.32. The fraction of sp³-hybridized carbons (Fsp3) is 0.222. The van der Waals surface area contributed by atoms with E-state index in [1.807, 2.05) is 0 Å². The van der Waals surface area contributed by atoms with Crippen LogP contribution in [0.1, 0.15) is 42.9 Å². The summed E-state index contributed by atoms with van der Waals surface area (Å²) in [5.41, 5.74) is 7.13. The van der Waals surface area contributed by atoms with Gasteiger partial charge in [0.1, 0.15) is 0 Å². The van der Waals surface area contributed by atoms with E-state index < -0.39 is 0 Å². The minimum Gasteiger partial charge on any atom is -0.0871 e. The van der Waals surface area contributed by atoms with Crippen LogP contribution in [0, 0.1) is 0 Å². The fourth-order valence-corrected chi connectivity index (χ4v) is 3.06.